The van der Waals surface area contributed by atoms with Crippen molar-refractivity contribution in [1.29, 1.82) is 0 Å². The fourth-order valence-corrected chi connectivity index (χ4v) is 5.52. The molecule has 5 nitrogen and oxygen atoms in total. The third-order valence-electron chi connectivity index (χ3n) is 7.16. The Morgan fingerprint density at radius 3 is 1.92 bits per heavy atom. The first-order chi connectivity index (χ1) is 18.5. The molecular weight excluding hydrogens is 472 g/mol. The Morgan fingerprint density at radius 2 is 1.34 bits per heavy atom. The van der Waals surface area contributed by atoms with Crippen LogP contribution >= 0.6 is 0 Å². The van der Waals surface area contributed by atoms with Crippen LogP contribution in [0.4, 0.5) is 0 Å². The van der Waals surface area contributed by atoms with Crippen LogP contribution in [-0.2, 0) is 16.0 Å². The average molecular weight is 505 g/mol. The normalized spacial score (nSPS) is 20.2. The fraction of sp³-hybridized carbons (Fsp3) is 0.212. The van der Waals surface area contributed by atoms with Crippen LogP contribution in [-0.4, -0.2) is 28.4 Å². The number of hydrogen-bond donors (Lipinski definition) is 1. The van der Waals surface area contributed by atoms with E-state index in [9.17, 15) is 9.59 Å². The van der Waals surface area contributed by atoms with Gasteiger partial charge in [0.15, 0.2) is 11.8 Å². The summed E-state index contributed by atoms with van der Waals surface area (Å²) in [5.74, 6) is -0.599. The molecule has 0 bridgehead atoms. The third kappa shape index (κ3) is 4.85. The van der Waals surface area contributed by atoms with Crippen LogP contribution in [0.15, 0.2) is 121 Å². The molecule has 4 aromatic rings. The van der Waals surface area contributed by atoms with E-state index in [2.05, 4.69) is 24.1 Å². The summed E-state index contributed by atoms with van der Waals surface area (Å²) in [5.41, 5.74) is 2.04. The SMILES string of the molecule is CC(C)N1[C@@H](c2ccccc2)OC(=O)[C@]1(Cc1ccccc1)[C@@H](NC(=O)c1ccccc1)c1ccccc1. The lowest BCUT2D eigenvalue weighted by Crippen LogP contribution is -2.61. The standard InChI is InChI=1S/C33H32N2O3/c1-24(2)35-31(28-21-13-6-14-22-28)38-32(37)33(35,23-25-15-7-3-8-16-25)29(26-17-9-4-10-18-26)34-30(36)27-19-11-5-12-20-27/h3-22,24,29,31H,23H2,1-2H3,(H,34,36)/t29-,31+,33-/m0/s1. The molecule has 0 saturated carbocycles. The number of cyclic esters (lactones) is 1. The first-order valence-corrected chi connectivity index (χ1v) is 13.0. The van der Waals surface area contributed by atoms with Gasteiger partial charge in [0.2, 0.25) is 0 Å². The number of nitrogens with zero attached hydrogens (tertiary/aromatic N) is 1. The Kier molecular flexibility index (Phi) is 7.38. The monoisotopic (exact) mass is 504 g/mol. The molecule has 0 unspecified atom stereocenters. The minimum Gasteiger partial charge on any atom is -0.440 e. The summed E-state index contributed by atoms with van der Waals surface area (Å²) in [6.45, 7) is 4.14. The van der Waals surface area contributed by atoms with Crippen LogP contribution < -0.4 is 5.32 Å². The Hall–Kier alpha value is -4.22. The molecule has 0 aromatic heterocycles. The van der Waals surface area contributed by atoms with Gasteiger partial charge in [-0.2, -0.15) is 0 Å². The molecular formula is C33H32N2O3. The van der Waals surface area contributed by atoms with E-state index in [1.165, 1.54) is 0 Å². The lowest BCUT2D eigenvalue weighted by molar-refractivity contribution is -0.146. The predicted octanol–water partition coefficient (Wildman–Crippen LogP) is 6.11. The van der Waals surface area contributed by atoms with E-state index in [0.29, 0.717) is 12.0 Å². The molecule has 0 aliphatic carbocycles. The van der Waals surface area contributed by atoms with Crippen molar-refractivity contribution in [2.75, 3.05) is 0 Å². The van der Waals surface area contributed by atoms with Crippen molar-refractivity contribution in [3.63, 3.8) is 0 Å². The zero-order valence-electron chi connectivity index (χ0n) is 21.7. The average Bonchev–Trinajstić information content (AvgIpc) is 3.26. The molecule has 4 aromatic carbocycles. The van der Waals surface area contributed by atoms with Gasteiger partial charge in [0.1, 0.15) is 0 Å². The zero-order valence-corrected chi connectivity index (χ0v) is 21.7. The van der Waals surface area contributed by atoms with Gasteiger partial charge in [-0.05, 0) is 37.1 Å². The maximum absolute atomic E-state index is 14.3. The molecule has 1 heterocycles. The van der Waals surface area contributed by atoms with Crippen LogP contribution in [0.2, 0.25) is 0 Å². The lowest BCUT2D eigenvalue weighted by Gasteiger charge is -2.44. The molecule has 5 heteroatoms. The van der Waals surface area contributed by atoms with Crippen LogP contribution in [0.5, 0.6) is 0 Å². The predicted molar refractivity (Wildman–Crippen MR) is 148 cm³/mol. The van der Waals surface area contributed by atoms with Gasteiger partial charge in [0, 0.05) is 23.6 Å². The molecule has 192 valence electrons. The molecule has 1 N–H and O–H groups in total. The van der Waals surface area contributed by atoms with Crippen LogP contribution in [0.25, 0.3) is 0 Å². The number of benzene rings is 4. The summed E-state index contributed by atoms with van der Waals surface area (Å²) in [4.78, 5) is 30.1. The zero-order chi connectivity index (χ0) is 26.5. The molecule has 1 aliphatic rings. The summed E-state index contributed by atoms with van der Waals surface area (Å²) < 4.78 is 6.23. The van der Waals surface area contributed by atoms with Gasteiger partial charge >= 0.3 is 5.97 Å². The van der Waals surface area contributed by atoms with Gasteiger partial charge in [-0.1, -0.05) is 109 Å². The molecule has 1 aliphatic heterocycles. The molecule has 1 fully saturated rings. The number of rotatable bonds is 8. The second kappa shape index (κ2) is 11.0. The van der Waals surface area contributed by atoms with Gasteiger partial charge in [0.25, 0.3) is 5.91 Å². The van der Waals surface area contributed by atoms with Gasteiger partial charge < -0.3 is 10.1 Å². The largest absolute Gasteiger partial charge is 0.440 e. The maximum Gasteiger partial charge on any atom is 0.331 e. The van der Waals surface area contributed by atoms with Crippen LogP contribution in [0.1, 0.15) is 53.2 Å². The Labute approximate surface area is 224 Å². The van der Waals surface area contributed by atoms with E-state index < -0.39 is 17.8 Å². The summed E-state index contributed by atoms with van der Waals surface area (Å²) >= 11 is 0. The number of amides is 1. The van der Waals surface area contributed by atoms with Gasteiger partial charge in [-0.25, -0.2) is 9.69 Å². The first kappa shape index (κ1) is 25.4. The van der Waals surface area contributed by atoms with E-state index in [-0.39, 0.29) is 17.9 Å². The smallest absolute Gasteiger partial charge is 0.331 e. The highest BCUT2D eigenvalue weighted by molar-refractivity contribution is 5.95. The lowest BCUT2D eigenvalue weighted by atomic mass is 9.78. The summed E-state index contributed by atoms with van der Waals surface area (Å²) in [7, 11) is 0. The van der Waals surface area contributed by atoms with Crippen molar-refractivity contribution in [2.45, 2.75) is 44.1 Å². The quantitative estimate of drug-likeness (QED) is 0.294. The molecule has 38 heavy (non-hydrogen) atoms. The Balaban J connectivity index is 1.70. The van der Waals surface area contributed by atoms with Gasteiger partial charge in [-0.3, -0.25) is 4.79 Å². The number of carbonyl (C=O) groups is 2. The van der Waals surface area contributed by atoms with Crippen molar-refractivity contribution >= 4 is 11.9 Å². The molecule has 0 radical (unpaired) electrons. The highest BCUT2D eigenvalue weighted by Crippen LogP contribution is 2.48. The topological polar surface area (TPSA) is 58.6 Å². The number of nitrogens with one attached hydrogen (secondary N) is 1. The second-order valence-electron chi connectivity index (χ2n) is 9.94. The minimum atomic E-state index is -1.21. The number of ether oxygens (including phenoxy) is 1. The van der Waals surface area contributed by atoms with E-state index in [4.69, 9.17) is 4.74 Å². The fourth-order valence-electron chi connectivity index (χ4n) is 5.52. The van der Waals surface area contributed by atoms with E-state index >= 15 is 0 Å². The maximum atomic E-state index is 14.3. The summed E-state index contributed by atoms with van der Waals surface area (Å²) in [6.07, 6.45) is -0.227. The van der Waals surface area contributed by atoms with Crippen molar-refractivity contribution in [3.8, 4) is 0 Å². The van der Waals surface area contributed by atoms with Crippen molar-refractivity contribution in [3.05, 3.63) is 144 Å². The minimum absolute atomic E-state index is 0.0739. The molecule has 1 amide bonds. The summed E-state index contributed by atoms with van der Waals surface area (Å²) in [6, 6.07) is 37.8. The van der Waals surface area contributed by atoms with Crippen LogP contribution in [0, 0.1) is 0 Å². The van der Waals surface area contributed by atoms with Crippen molar-refractivity contribution < 1.29 is 14.3 Å². The number of hydrogen-bond acceptors (Lipinski definition) is 4. The number of carbonyl (C=O) groups excluding carboxylic acids is 2. The number of esters is 1. The van der Waals surface area contributed by atoms with Crippen molar-refractivity contribution in [2.24, 2.45) is 0 Å². The van der Waals surface area contributed by atoms with Gasteiger partial charge in [0.05, 0.1) is 6.04 Å². The first-order valence-electron chi connectivity index (χ1n) is 13.0. The highest BCUT2D eigenvalue weighted by atomic mass is 16.6. The van der Waals surface area contributed by atoms with Gasteiger partial charge in [-0.15, -0.1) is 0 Å². The molecule has 3 atom stereocenters. The Bertz CT molecular complexity index is 1360. The van der Waals surface area contributed by atoms with Crippen molar-refractivity contribution in [1.82, 2.24) is 10.2 Å². The second-order valence-corrected chi connectivity index (χ2v) is 9.94. The van der Waals surface area contributed by atoms with E-state index in [1.54, 1.807) is 12.1 Å². The summed E-state index contributed by atoms with van der Waals surface area (Å²) in [5, 5.41) is 3.26. The van der Waals surface area contributed by atoms with Crippen LogP contribution in [0.3, 0.4) is 0 Å². The molecule has 0 spiro atoms. The molecule has 1 saturated heterocycles. The molecule has 5 rings (SSSR count). The Morgan fingerprint density at radius 1 is 0.816 bits per heavy atom. The highest BCUT2D eigenvalue weighted by Gasteiger charge is 2.61. The third-order valence-corrected chi connectivity index (χ3v) is 7.16. The van der Waals surface area contributed by atoms with E-state index in [0.717, 1.165) is 16.7 Å². The van der Waals surface area contributed by atoms with E-state index in [1.807, 2.05) is 109 Å².